The van der Waals surface area contributed by atoms with Crippen molar-refractivity contribution in [2.75, 3.05) is 0 Å². The van der Waals surface area contributed by atoms with Crippen molar-refractivity contribution in [3.63, 3.8) is 0 Å². The van der Waals surface area contributed by atoms with E-state index >= 15 is 0 Å². The van der Waals surface area contributed by atoms with Gasteiger partial charge < -0.3 is 4.42 Å². The van der Waals surface area contributed by atoms with Gasteiger partial charge in [-0.15, -0.1) is 0 Å². The van der Waals surface area contributed by atoms with Gasteiger partial charge in [0, 0.05) is 27.5 Å². The molecular weight excluding hydrogens is 599 g/mol. The summed E-state index contributed by atoms with van der Waals surface area (Å²) in [6, 6.07) is 48.7. The third-order valence-electron chi connectivity index (χ3n) is 10.9. The van der Waals surface area contributed by atoms with Gasteiger partial charge in [-0.3, -0.25) is 0 Å². The lowest BCUT2D eigenvalue weighted by Crippen LogP contribution is -2.43. The molecule has 0 radical (unpaired) electrons. The number of rotatable bonds is 4. The molecule has 0 spiro atoms. The van der Waals surface area contributed by atoms with Crippen LogP contribution in [0.4, 0.5) is 0 Å². The van der Waals surface area contributed by atoms with Crippen molar-refractivity contribution >= 4 is 21.9 Å². The Morgan fingerprint density at radius 3 is 1.80 bits per heavy atom. The zero-order valence-corrected chi connectivity index (χ0v) is 28.0. The Kier molecular flexibility index (Phi) is 6.47. The molecule has 4 heteroatoms. The van der Waals surface area contributed by atoms with Crippen LogP contribution in [0.25, 0.3) is 78.4 Å². The van der Waals surface area contributed by atoms with Crippen LogP contribution in [0.5, 0.6) is 0 Å². The predicted octanol–water partition coefficient (Wildman–Crippen LogP) is 11.7. The van der Waals surface area contributed by atoms with E-state index in [1.807, 2.05) is 36.4 Å². The quantitative estimate of drug-likeness (QED) is 0.193. The van der Waals surface area contributed by atoms with E-state index in [4.69, 9.17) is 19.4 Å². The summed E-state index contributed by atoms with van der Waals surface area (Å²) >= 11 is 0. The summed E-state index contributed by atoms with van der Waals surface area (Å²) in [5, 5.41) is 2.17. The second-order valence-corrected chi connectivity index (χ2v) is 14.1. The molecule has 0 unspecified atom stereocenters. The normalized spacial score (nSPS) is 14.4. The molecule has 0 saturated heterocycles. The van der Waals surface area contributed by atoms with Crippen LogP contribution in [0.1, 0.15) is 38.8 Å². The largest absolute Gasteiger partial charge is 0.456 e. The first kappa shape index (κ1) is 29.3. The topological polar surface area (TPSA) is 51.8 Å². The molecule has 2 aromatic heterocycles. The molecule has 49 heavy (non-hydrogen) atoms. The molecule has 0 saturated carbocycles. The van der Waals surface area contributed by atoms with Gasteiger partial charge in [-0.1, -0.05) is 143 Å². The minimum absolute atomic E-state index is 0.139. The molecule has 9 rings (SSSR count). The van der Waals surface area contributed by atoms with Crippen LogP contribution >= 0.6 is 0 Å². The van der Waals surface area contributed by atoms with E-state index in [0.717, 1.165) is 38.6 Å². The first-order chi connectivity index (χ1) is 23.8. The second kappa shape index (κ2) is 10.8. The van der Waals surface area contributed by atoms with Crippen molar-refractivity contribution in [2.45, 2.75) is 38.5 Å². The van der Waals surface area contributed by atoms with Crippen LogP contribution in [-0.2, 0) is 10.8 Å². The van der Waals surface area contributed by atoms with Crippen molar-refractivity contribution in [2.24, 2.45) is 0 Å². The standard InChI is InChI=1S/C45H35N3O/c1-44(2)36-20-13-19-35(40(36)34-25-22-30(26-37(34)45(44,3)4)28-14-7-5-8-15-28)43-47-41(29-16-9-6-10-17-29)46-42(48-43)31-23-24-33-32-18-11-12-21-38(32)49-39(33)27-31/h5-27H,1-4H3. The Balaban J connectivity index is 1.28. The fourth-order valence-corrected chi connectivity index (χ4v) is 7.52. The fraction of sp³-hybridized carbons (Fsp3) is 0.133. The van der Waals surface area contributed by atoms with Gasteiger partial charge in [-0.25, -0.2) is 15.0 Å². The maximum atomic E-state index is 6.27. The number of furan rings is 1. The lowest BCUT2D eigenvalue weighted by molar-refractivity contribution is 0.299. The van der Waals surface area contributed by atoms with Crippen molar-refractivity contribution in [3.05, 3.63) is 151 Å². The molecule has 0 bridgehead atoms. The minimum atomic E-state index is -0.175. The fourth-order valence-electron chi connectivity index (χ4n) is 7.52. The molecule has 8 aromatic rings. The zero-order chi connectivity index (χ0) is 33.3. The third-order valence-corrected chi connectivity index (χ3v) is 10.9. The van der Waals surface area contributed by atoms with Crippen LogP contribution in [-0.4, -0.2) is 15.0 Å². The van der Waals surface area contributed by atoms with Crippen LogP contribution in [0.3, 0.4) is 0 Å². The van der Waals surface area contributed by atoms with Crippen molar-refractivity contribution < 1.29 is 4.42 Å². The Morgan fingerprint density at radius 1 is 0.408 bits per heavy atom. The highest BCUT2D eigenvalue weighted by Crippen LogP contribution is 2.56. The van der Waals surface area contributed by atoms with Gasteiger partial charge >= 0.3 is 0 Å². The number of nitrogens with zero attached hydrogens (tertiary/aromatic N) is 3. The van der Waals surface area contributed by atoms with Crippen molar-refractivity contribution in [3.8, 4) is 56.4 Å². The third kappa shape index (κ3) is 4.55. The van der Waals surface area contributed by atoms with Gasteiger partial charge in [0.05, 0.1) is 0 Å². The molecule has 4 nitrogen and oxygen atoms in total. The number of hydrogen-bond donors (Lipinski definition) is 0. The first-order valence-electron chi connectivity index (χ1n) is 16.9. The van der Waals surface area contributed by atoms with Crippen LogP contribution in [0, 0.1) is 0 Å². The highest BCUT2D eigenvalue weighted by molar-refractivity contribution is 6.05. The minimum Gasteiger partial charge on any atom is -0.456 e. The average molecular weight is 634 g/mol. The summed E-state index contributed by atoms with van der Waals surface area (Å²) in [5.41, 5.74) is 11.7. The SMILES string of the molecule is CC1(C)c2cc(-c3ccccc3)ccc2-c2c(-c3nc(-c4ccccc4)nc(-c4ccc5c(c4)oc4ccccc45)n3)cccc2C1(C)C. The summed E-state index contributed by atoms with van der Waals surface area (Å²) in [5.74, 6) is 1.90. The number of para-hydroxylation sites is 1. The highest BCUT2D eigenvalue weighted by Gasteiger charge is 2.46. The van der Waals surface area contributed by atoms with Gasteiger partial charge in [-0.2, -0.15) is 0 Å². The van der Waals surface area contributed by atoms with Gasteiger partial charge in [0.2, 0.25) is 0 Å². The number of aromatic nitrogens is 3. The Hall–Kier alpha value is -5.87. The summed E-state index contributed by atoms with van der Waals surface area (Å²) in [6.45, 7) is 9.48. The Labute approximate surface area is 286 Å². The molecular formula is C45H35N3O. The molecule has 1 aliphatic carbocycles. The lowest BCUT2D eigenvalue weighted by Gasteiger charge is -2.49. The molecule has 0 amide bonds. The predicted molar refractivity (Wildman–Crippen MR) is 200 cm³/mol. The van der Waals surface area contributed by atoms with Crippen LogP contribution in [0.15, 0.2) is 144 Å². The summed E-state index contributed by atoms with van der Waals surface area (Å²) < 4.78 is 6.27. The Bertz CT molecular complexity index is 2550. The van der Waals surface area contributed by atoms with Crippen molar-refractivity contribution in [1.29, 1.82) is 0 Å². The van der Waals surface area contributed by atoms with Crippen LogP contribution in [0.2, 0.25) is 0 Å². The van der Waals surface area contributed by atoms with Crippen molar-refractivity contribution in [1.82, 2.24) is 15.0 Å². The molecule has 0 aliphatic heterocycles. The van der Waals surface area contributed by atoms with Gasteiger partial charge in [0.15, 0.2) is 17.5 Å². The summed E-state index contributed by atoms with van der Waals surface area (Å²) in [7, 11) is 0. The first-order valence-corrected chi connectivity index (χ1v) is 16.9. The molecule has 1 aliphatic rings. The molecule has 0 atom stereocenters. The number of fused-ring (bicyclic) bond motifs is 6. The molecule has 0 N–H and O–H groups in total. The lowest BCUT2D eigenvalue weighted by atomic mass is 9.55. The van der Waals surface area contributed by atoms with E-state index in [1.165, 1.54) is 33.4 Å². The molecule has 2 heterocycles. The van der Waals surface area contributed by atoms with E-state index in [-0.39, 0.29) is 10.8 Å². The molecule has 6 aromatic carbocycles. The van der Waals surface area contributed by atoms with E-state index < -0.39 is 0 Å². The van der Waals surface area contributed by atoms with Gasteiger partial charge in [-0.05, 0) is 68.5 Å². The van der Waals surface area contributed by atoms with E-state index in [2.05, 4.69) is 131 Å². The monoisotopic (exact) mass is 633 g/mol. The highest BCUT2D eigenvalue weighted by atomic mass is 16.3. The van der Waals surface area contributed by atoms with E-state index in [0.29, 0.717) is 17.5 Å². The summed E-state index contributed by atoms with van der Waals surface area (Å²) in [6.07, 6.45) is 0. The van der Waals surface area contributed by atoms with Gasteiger partial charge in [0.25, 0.3) is 0 Å². The Morgan fingerprint density at radius 2 is 1.02 bits per heavy atom. The maximum Gasteiger partial charge on any atom is 0.164 e. The number of benzene rings is 6. The van der Waals surface area contributed by atoms with Gasteiger partial charge in [0.1, 0.15) is 11.2 Å². The number of hydrogen-bond acceptors (Lipinski definition) is 4. The average Bonchev–Trinajstić information content (AvgIpc) is 3.52. The zero-order valence-electron chi connectivity index (χ0n) is 28.0. The second-order valence-electron chi connectivity index (χ2n) is 14.1. The van der Waals surface area contributed by atoms with E-state index in [9.17, 15) is 0 Å². The van der Waals surface area contributed by atoms with Crippen LogP contribution < -0.4 is 0 Å². The van der Waals surface area contributed by atoms with E-state index in [1.54, 1.807) is 0 Å². The summed E-state index contributed by atoms with van der Waals surface area (Å²) in [4.78, 5) is 15.5. The molecule has 0 fully saturated rings. The molecule has 236 valence electrons. The maximum absolute atomic E-state index is 6.27. The smallest absolute Gasteiger partial charge is 0.164 e.